The van der Waals surface area contributed by atoms with Crippen molar-refractivity contribution in [1.29, 1.82) is 0 Å². The fraction of sp³-hybridized carbons (Fsp3) is 0.366. The summed E-state index contributed by atoms with van der Waals surface area (Å²) >= 11 is 3.89. The molecule has 0 spiro atoms. The van der Waals surface area contributed by atoms with E-state index in [0.29, 0.717) is 38.1 Å². The molecular formula is C41H40F2I2N14O6. The van der Waals surface area contributed by atoms with Crippen LogP contribution >= 0.6 is 45.2 Å². The Balaban J connectivity index is 0.000000175. The van der Waals surface area contributed by atoms with E-state index >= 15 is 4.39 Å². The standard InChI is InChI=1S/C19H17FIN7O2.C18H15FIN7O3.C4H8O/c1-11-15(20)16(30-19(11,9-21)26-27-22)13-7-8-14-17(23-10-24-28(13)14)25-18(29)12-5-3-2-4-6-12;19-13-14(30-18(8-20,15(13)28)25-26-21)11-6-7-12-16(22-9-23-27(11)12)24-17(29)10-4-2-1-3-5-10;1-2-4-5-3-1/h2-8,10-11,15-16H,9H2,1H3,(H,23,24,25,29);1-7,9,13-15,28H,8H2,(H,22,23,24,29);1-4H2/t11-,15+,16-,19+;13-,14-,15-,18+;/m00./s1. The van der Waals surface area contributed by atoms with Crippen molar-refractivity contribution in [2.75, 3.05) is 32.7 Å². The summed E-state index contributed by atoms with van der Waals surface area (Å²) in [7, 11) is 0. The molecule has 3 aliphatic heterocycles. The van der Waals surface area contributed by atoms with Gasteiger partial charge in [-0.05, 0) is 72.4 Å². The largest absolute Gasteiger partial charge is 0.387 e. The summed E-state index contributed by atoms with van der Waals surface area (Å²) < 4.78 is 49.9. The number of carbonyl (C=O) groups excluding carboxylic acids is 2. The van der Waals surface area contributed by atoms with Gasteiger partial charge in [-0.2, -0.15) is 10.2 Å². The Morgan fingerprint density at radius 3 is 1.63 bits per heavy atom. The Morgan fingerprint density at radius 1 is 0.754 bits per heavy atom. The predicted molar refractivity (Wildman–Crippen MR) is 249 cm³/mol. The van der Waals surface area contributed by atoms with Gasteiger partial charge in [0.2, 0.25) is 0 Å². The van der Waals surface area contributed by atoms with Crippen LogP contribution in [0.4, 0.5) is 20.4 Å². The molecule has 2 amide bonds. The minimum Gasteiger partial charge on any atom is -0.387 e. The van der Waals surface area contributed by atoms with Gasteiger partial charge in [0, 0.05) is 48.9 Å². The molecule has 4 aromatic heterocycles. The molecule has 8 atom stereocenters. The number of aliphatic hydroxyl groups excluding tert-OH is 1. The van der Waals surface area contributed by atoms with Crippen molar-refractivity contribution in [2.45, 2.75) is 61.9 Å². The van der Waals surface area contributed by atoms with Gasteiger partial charge < -0.3 is 30.0 Å². The highest BCUT2D eigenvalue weighted by Crippen LogP contribution is 2.48. The number of halogens is 4. The Labute approximate surface area is 396 Å². The van der Waals surface area contributed by atoms with Crippen LogP contribution in [0.2, 0.25) is 0 Å². The molecule has 0 unspecified atom stereocenters. The SMILES string of the molecule is C1CCOC1.C[C@H]1[C@@H](F)[C@H](c2ccc3c(NC(=O)c4ccccc4)ncnn23)O[C@@]1(CI)N=[N+]=[N-].[N-]=[N+]=N[C@]1(CI)O[C@@H](c2ccc3c(NC(=O)c4ccccc4)ncnn23)[C@H](F)[C@@H]1O. The maximum atomic E-state index is 15.2. The zero-order valence-corrected chi connectivity index (χ0v) is 38.6. The molecule has 0 aliphatic carbocycles. The third kappa shape index (κ3) is 9.84. The number of aliphatic hydroxyl groups is 1. The highest BCUT2D eigenvalue weighted by atomic mass is 127. The van der Waals surface area contributed by atoms with E-state index in [1.54, 1.807) is 85.8 Å². The van der Waals surface area contributed by atoms with E-state index in [2.05, 4.69) is 50.9 Å². The van der Waals surface area contributed by atoms with Crippen LogP contribution in [0.15, 0.2) is 108 Å². The van der Waals surface area contributed by atoms with Gasteiger partial charge in [-0.1, -0.05) is 98.7 Å². The fourth-order valence-corrected chi connectivity index (χ4v) is 9.18. The molecule has 24 heteroatoms. The number of hydrogen-bond acceptors (Lipinski definition) is 12. The zero-order chi connectivity index (χ0) is 46.1. The van der Waals surface area contributed by atoms with Crippen molar-refractivity contribution < 1.29 is 37.7 Å². The number of rotatable bonds is 10. The van der Waals surface area contributed by atoms with Crippen molar-refractivity contribution in [3.05, 3.63) is 141 Å². The number of anilines is 2. The van der Waals surface area contributed by atoms with Crippen molar-refractivity contribution >= 4 is 79.7 Å². The summed E-state index contributed by atoms with van der Waals surface area (Å²) in [4.78, 5) is 38.8. The van der Waals surface area contributed by atoms with Crippen molar-refractivity contribution in [1.82, 2.24) is 29.2 Å². The Hall–Kier alpha value is -5.60. The Bertz CT molecular complexity index is 2540. The van der Waals surface area contributed by atoms with Crippen LogP contribution < -0.4 is 10.6 Å². The summed E-state index contributed by atoms with van der Waals surface area (Å²) in [5, 5.41) is 31.4. The first-order valence-electron chi connectivity index (χ1n) is 20.0. The van der Waals surface area contributed by atoms with Gasteiger partial charge in [0.15, 0.2) is 29.3 Å². The first-order valence-corrected chi connectivity index (χ1v) is 23.1. The van der Waals surface area contributed by atoms with Crippen LogP contribution in [0.5, 0.6) is 0 Å². The minimum absolute atomic E-state index is 0.0591. The minimum atomic E-state index is -1.85. The van der Waals surface area contributed by atoms with Crippen LogP contribution in [-0.4, -0.2) is 98.1 Å². The fourth-order valence-electron chi connectivity index (χ4n) is 7.37. The Kier molecular flexibility index (Phi) is 15.4. The molecule has 0 radical (unpaired) electrons. The summed E-state index contributed by atoms with van der Waals surface area (Å²) in [5.74, 6) is -0.793. The molecule has 3 N–H and O–H groups in total. The van der Waals surface area contributed by atoms with Crippen molar-refractivity contribution in [3.8, 4) is 0 Å². The van der Waals surface area contributed by atoms with Gasteiger partial charge in [-0.15, -0.1) is 0 Å². The molecule has 20 nitrogen and oxygen atoms in total. The van der Waals surface area contributed by atoms with Crippen LogP contribution in [0.3, 0.4) is 0 Å². The molecule has 9 rings (SSSR count). The maximum absolute atomic E-state index is 15.2. The normalized spacial score (nSPS) is 25.6. The molecule has 6 aromatic rings. The summed E-state index contributed by atoms with van der Waals surface area (Å²) in [6.07, 6.45) is -2.04. The van der Waals surface area contributed by atoms with Gasteiger partial charge in [-0.3, -0.25) is 9.59 Å². The molecule has 3 fully saturated rings. The smallest absolute Gasteiger partial charge is 0.256 e. The van der Waals surface area contributed by atoms with E-state index in [4.69, 9.17) is 25.3 Å². The molecule has 7 heterocycles. The first-order chi connectivity index (χ1) is 31.5. The number of fused-ring (bicyclic) bond motifs is 2. The number of azide groups is 2. The average Bonchev–Trinajstić information content (AvgIpc) is 4.20. The molecule has 3 saturated heterocycles. The molecule has 338 valence electrons. The number of alkyl halides is 4. The molecule has 0 bridgehead atoms. The van der Waals surface area contributed by atoms with Gasteiger partial charge in [-0.25, -0.2) is 27.8 Å². The highest BCUT2D eigenvalue weighted by molar-refractivity contribution is 14.1. The van der Waals surface area contributed by atoms with Crippen LogP contribution in [0, 0.1) is 5.92 Å². The predicted octanol–water partition coefficient (Wildman–Crippen LogP) is 8.46. The van der Waals surface area contributed by atoms with Gasteiger partial charge >= 0.3 is 0 Å². The number of nitrogens with zero attached hydrogens (tertiary/aromatic N) is 12. The zero-order valence-electron chi connectivity index (χ0n) is 34.3. The number of hydrogen-bond donors (Lipinski definition) is 3. The summed E-state index contributed by atoms with van der Waals surface area (Å²) in [6.45, 7) is 3.66. The molecular weight excluding hydrogens is 1080 g/mol. The molecule has 2 aromatic carbocycles. The number of ether oxygens (including phenoxy) is 3. The molecule has 0 saturated carbocycles. The number of amides is 2. The number of benzene rings is 2. The second-order valence-corrected chi connectivity index (χ2v) is 16.3. The summed E-state index contributed by atoms with van der Waals surface area (Å²) in [5.41, 5.74) is 17.3. The average molecular weight is 1120 g/mol. The third-order valence-corrected chi connectivity index (χ3v) is 13.1. The van der Waals surface area contributed by atoms with E-state index in [1.165, 1.54) is 34.5 Å². The lowest BCUT2D eigenvalue weighted by molar-refractivity contribution is -0.0612. The van der Waals surface area contributed by atoms with E-state index in [1.807, 2.05) is 51.2 Å². The second kappa shape index (κ2) is 21.1. The second-order valence-electron chi connectivity index (χ2n) is 14.8. The lowest BCUT2D eigenvalue weighted by atomic mass is 9.95. The lowest BCUT2D eigenvalue weighted by Gasteiger charge is -2.24. The number of nitrogens with one attached hydrogen (secondary N) is 2. The van der Waals surface area contributed by atoms with Gasteiger partial charge in [0.25, 0.3) is 11.8 Å². The van der Waals surface area contributed by atoms with E-state index in [0.717, 1.165) is 13.2 Å². The maximum Gasteiger partial charge on any atom is 0.256 e. The van der Waals surface area contributed by atoms with Crippen LogP contribution in [-0.2, 0) is 14.2 Å². The van der Waals surface area contributed by atoms with E-state index in [-0.39, 0.29) is 27.8 Å². The van der Waals surface area contributed by atoms with Crippen LogP contribution in [0.1, 0.15) is 64.1 Å². The van der Waals surface area contributed by atoms with Crippen molar-refractivity contribution in [2.24, 2.45) is 16.1 Å². The molecule has 65 heavy (non-hydrogen) atoms. The third-order valence-electron chi connectivity index (χ3n) is 10.9. The van der Waals surface area contributed by atoms with Crippen LogP contribution in [0.25, 0.3) is 31.9 Å². The number of carbonyl (C=O) groups is 2. The monoisotopic (exact) mass is 1120 g/mol. The number of aromatic nitrogens is 6. The topological polar surface area (TPSA) is 264 Å². The van der Waals surface area contributed by atoms with E-state index in [9.17, 15) is 19.1 Å². The Morgan fingerprint density at radius 2 is 1.20 bits per heavy atom. The van der Waals surface area contributed by atoms with E-state index < -0.39 is 48.0 Å². The highest BCUT2D eigenvalue weighted by Gasteiger charge is 2.56. The van der Waals surface area contributed by atoms with Gasteiger partial charge in [0.1, 0.15) is 48.2 Å². The quantitative estimate of drug-likeness (QED) is 0.0387. The molecule has 3 aliphatic rings. The van der Waals surface area contributed by atoms with Gasteiger partial charge in [0.05, 0.1) is 11.4 Å². The lowest BCUT2D eigenvalue weighted by Crippen LogP contribution is -2.41. The summed E-state index contributed by atoms with van der Waals surface area (Å²) in [6, 6.07) is 23.9. The first kappa shape index (κ1) is 47.4. The van der Waals surface area contributed by atoms with Crippen molar-refractivity contribution in [3.63, 3.8) is 0 Å².